The van der Waals surface area contributed by atoms with Gasteiger partial charge in [-0.3, -0.25) is 0 Å². The Morgan fingerprint density at radius 1 is 1.31 bits per heavy atom. The number of rotatable bonds is 2. The first-order chi connectivity index (χ1) is 6.18. The molecule has 1 rings (SSSR count). The normalized spacial score (nSPS) is 9.38. The van der Waals surface area contributed by atoms with Gasteiger partial charge in [0, 0.05) is 6.20 Å². The molecule has 0 saturated heterocycles. The maximum absolute atomic E-state index is 12.3. The van der Waals surface area contributed by atoms with Crippen LogP contribution in [0.4, 0.5) is 4.39 Å². The molecule has 0 aromatic carbocycles. The molecule has 13 heavy (non-hydrogen) atoms. The molecule has 0 saturated carbocycles. The highest BCUT2D eigenvalue weighted by Crippen LogP contribution is 2.06. The summed E-state index contributed by atoms with van der Waals surface area (Å²) in [5.74, 6) is 0.194. The first kappa shape index (κ1) is 12.1. The largest absolute Gasteiger partial charge is 0.228 e. The van der Waals surface area contributed by atoms with Crippen molar-refractivity contribution in [3.63, 3.8) is 0 Å². The van der Waals surface area contributed by atoms with Crippen molar-refractivity contribution in [2.45, 2.75) is 34.1 Å². The van der Waals surface area contributed by atoms with Gasteiger partial charge in [0.15, 0.2) is 0 Å². The topological polar surface area (TPSA) is 12.9 Å². The molecule has 1 aromatic heterocycles. The number of nitrogens with zero attached hydrogens (tertiary/aromatic N) is 1. The van der Waals surface area contributed by atoms with Crippen LogP contribution < -0.4 is 0 Å². The lowest BCUT2D eigenvalue weighted by molar-refractivity contribution is 0.578. The molecule has 0 fully saturated rings. The van der Waals surface area contributed by atoms with E-state index >= 15 is 0 Å². The summed E-state index contributed by atoms with van der Waals surface area (Å²) in [6.07, 6.45) is 2.56. The zero-order valence-electron chi connectivity index (χ0n) is 8.84. The molecule has 0 unspecified atom stereocenters. The quantitative estimate of drug-likeness (QED) is 0.640. The third kappa shape index (κ3) is 5.34. The molecule has 0 atom stereocenters. The molecule has 0 bridgehead atoms. The number of hydrogen-bond acceptors (Lipinski definition) is 1. The van der Waals surface area contributed by atoms with Gasteiger partial charge in [-0.2, -0.15) is 4.39 Å². The summed E-state index contributed by atoms with van der Waals surface area (Å²) in [4.78, 5) is 3.57. The van der Waals surface area contributed by atoms with Gasteiger partial charge in [-0.05, 0) is 24.0 Å². The third-order valence-corrected chi connectivity index (χ3v) is 1.43. The fourth-order valence-corrected chi connectivity index (χ4v) is 0.999. The van der Waals surface area contributed by atoms with Gasteiger partial charge in [0.05, 0.1) is 0 Å². The van der Waals surface area contributed by atoms with E-state index in [9.17, 15) is 4.39 Å². The zero-order valence-corrected chi connectivity index (χ0v) is 8.84. The maximum atomic E-state index is 12.3. The highest BCUT2D eigenvalue weighted by Gasteiger charge is 1.97. The van der Waals surface area contributed by atoms with Crippen LogP contribution in [0.25, 0.3) is 0 Å². The van der Waals surface area contributed by atoms with Gasteiger partial charge in [-0.1, -0.05) is 33.8 Å². The third-order valence-electron chi connectivity index (χ3n) is 1.43. The number of pyridine rings is 1. The number of hydrogen-bond donors (Lipinski definition) is 0. The average molecular weight is 183 g/mol. The van der Waals surface area contributed by atoms with E-state index in [-0.39, 0.29) is 0 Å². The van der Waals surface area contributed by atoms with E-state index in [0.717, 1.165) is 12.0 Å². The Hall–Kier alpha value is -0.920. The lowest BCUT2D eigenvalue weighted by atomic mass is 10.1. The minimum atomic E-state index is -0.405. The van der Waals surface area contributed by atoms with E-state index < -0.39 is 5.95 Å². The molecule has 0 N–H and O–H groups in total. The van der Waals surface area contributed by atoms with Gasteiger partial charge in [0.1, 0.15) is 0 Å². The lowest BCUT2D eigenvalue weighted by Crippen LogP contribution is -1.94. The van der Waals surface area contributed by atoms with Crippen LogP contribution in [0.5, 0.6) is 0 Å². The highest BCUT2D eigenvalue weighted by atomic mass is 19.1. The fourth-order valence-electron chi connectivity index (χ4n) is 0.999. The molecular weight excluding hydrogens is 165 g/mol. The van der Waals surface area contributed by atoms with Crippen LogP contribution in [0.1, 0.15) is 33.3 Å². The first-order valence-corrected chi connectivity index (χ1v) is 4.79. The summed E-state index contributed by atoms with van der Waals surface area (Å²) >= 11 is 0. The number of aromatic nitrogens is 1. The predicted octanol–water partition coefficient (Wildman–Crippen LogP) is 3.45. The second-order valence-electron chi connectivity index (χ2n) is 3.09. The minimum absolute atomic E-state index is 0.405. The van der Waals surface area contributed by atoms with Crippen molar-refractivity contribution in [1.29, 1.82) is 0 Å². The fraction of sp³-hybridized carbons (Fsp3) is 0.545. The summed E-state index contributed by atoms with van der Waals surface area (Å²) < 4.78 is 12.3. The molecular formula is C11H18FN. The van der Waals surface area contributed by atoms with E-state index in [1.807, 2.05) is 13.8 Å². The molecule has 0 radical (unpaired) electrons. The van der Waals surface area contributed by atoms with E-state index in [4.69, 9.17) is 0 Å². The molecule has 1 heterocycles. The van der Waals surface area contributed by atoms with Gasteiger partial charge in [-0.15, -0.1) is 0 Å². The summed E-state index contributed by atoms with van der Waals surface area (Å²) in [7, 11) is 0. The molecule has 1 aromatic rings. The Bertz CT molecular complexity index is 216. The Morgan fingerprint density at radius 3 is 2.31 bits per heavy atom. The standard InChI is InChI=1S/C9H12FN.C2H6/c1-7(2)5-8-3-4-9(10)11-6-8;1-2/h3-4,6-7H,5H2,1-2H3;1-2H3. The molecule has 0 spiro atoms. The summed E-state index contributed by atoms with van der Waals surface area (Å²) in [5, 5.41) is 0. The van der Waals surface area contributed by atoms with Gasteiger partial charge in [-0.25, -0.2) is 4.98 Å². The second kappa shape index (κ2) is 6.58. The van der Waals surface area contributed by atoms with E-state index in [1.165, 1.54) is 6.07 Å². The van der Waals surface area contributed by atoms with Crippen molar-refractivity contribution >= 4 is 0 Å². The minimum Gasteiger partial charge on any atom is -0.228 e. The van der Waals surface area contributed by atoms with Crippen LogP contribution in [0, 0.1) is 11.9 Å². The Labute approximate surface area is 80.0 Å². The van der Waals surface area contributed by atoms with Crippen LogP contribution in [-0.4, -0.2) is 4.98 Å². The van der Waals surface area contributed by atoms with Gasteiger partial charge >= 0.3 is 0 Å². The monoisotopic (exact) mass is 183 g/mol. The van der Waals surface area contributed by atoms with Gasteiger partial charge in [0.2, 0.25) is 5.95 Å². The molecule has 0 aliphatic rings. The number of halogens is 1. The molecule has 0 aliphatic carbocycles. The van der Waals surface area contributed by atoms with Crippen LogP contribution in [0.3, 0.4) is 0 Å². The molecule has 0 amide bonds. The lowest BCUT2D eigenvalue weighted by Gasteiger charge is -2.02. The van der Waals surface area contributed by atoms with Crippen molar-refractivity contribution in [1.82, 2.24) is 4.98 Å². The second-order valence-corrected chi connectivity index (χ2v) is 3.09. The Morgan fingerprint density at radius 2 is 1.92 bits per heavy atom. The van der Waals surface area contributed by atoms with Crippen molar-refractivity contribution in [2.24, 2.45) is 5.92 Å². The van der Waals surface area contributed by atoms with Gasteiger partial charge in [0.25, 0.3) is 0 Å². The van der Waals surface area contributed by atoms with Crippen molar-refractivity contribution in [3.8, 4) is 0 Å². The van der Waals surface area contributed by atoms with Crippen molar-refractivity contribution < 1.29 is 4.39 Å². The zero-order chi connectivity index (χ0) is 10.3. The first-order valence-electron chi connectivity index (χ1n) is 4.79. The summed E-state index contributed by atoms with van der Waals surface area (Å²) in [6, 6.07) is 3.18. The van der Waals surface area contributed by atoms with Crippen molar-refractivity contribution in [3.05, 3.63) is 29.8 Å². The smallest absolute Gasteiger partial charge is 0.212 e. The SMILES string of the molecule is CC.CC(C)Cc1ccc(F)nc1. The van der Waals surface area contributed by atoms with E-state index in [2.05, 4.69) is 18.8 Å². The summed E-state index contributed by atoms with van der Waals surface area (Å²) in [6.45, 7) is 8.26. The van der Waals surface area contributed by atoms with E-state index in [0.29, 0.717) is 5.92 Å². The van der Waals surface area contributed by atoms with Crippen LogP contribution >= 0.6 is 0 Å². The molecule has 2 heteroatoms. The van der Waals surface area contributed by atoms with Crippen molar-refractivity contribution in [2.75, 3.05) is 0 Å². The average Bonchev–Trinajstić information content (AvgIpc) is 2.12. The van der Waals surface area contributed by atoms with E-state index in [1.54, 1.807) is 12.3 Å². The predicted molar refractivity (Wildman–Crippen MR) is 54.1 cm³/mol. The maximum Gasteiger partial charge on any atom is 0.212 e. The Balaban J connectivity index is 0.000000671. The van der Waals surface area contributed by atoms with Crippen LogP contribution in [0.2, 0.25) is 0 Å². The molecule has 74 valence electrons. The van der Waals surface area contributed by atoms with Gasteiger partial charge < -0.3 is 0 Å². The molecule has 1 nitrogen and oxygen atoms in total. The highest BCUT2D eigenvalue weighted by molar-refractivity contribution is 5.09. The van der Waals surface area contributed by atoms with Crippen LogP contribution in [-0.2, 0) is 6.42 Å². The van der Waals surface area contributed by atoms with Crippen LogP contribution in [0.15, 0.2) is 18.3 Å². The Kier molecular flexibility index (Phi) is 6.11. The summed E-state index contributed by atoms with van der Waals surface area (Å²) in [5.41, 5.74) is 1.10. The molecule has 0 aliphatic heterocycles.